The Balaban J connectivity index is 1.96. The molecule has 7 nitrogen and oxygen atoms in total. The Kier molecular flexibility index (Phi) is 5.35. The number of alkyl carbamates (subject to hydrolysis) is 1. The summed E-state index contributed by atoms with van der Waals surface area (Å²) in [5.74, 6) is -0.111. The van der Waals surface area contributed by atoms with Crippen molar-refractivity contribution in [3.63, 3.8) is 0 Å². The van der Waals surface area contributed by atoms with Crippen LogP contribution in [0.25, 0.3) is 0 Å². The zero-order valence-corrected chi connectivity index (χ0v) is 14.1. The minimum absolute atomic E-state index is 0.111. The average Bonchev–Trinajstić information content (AvgIpc) is 2.76. The van der Waals surface area contributed by atoms with Crippen molar-refractivity contribution in [2.45, 2.75) is 45.9 Å². The van der Waals surface area contributed by atoms with E-state index in [1.807, 2.05) is 4.90 Å². The highest BCUT2D eigenvalue weighted by Gasteiger charge is 2.20. The van der Waals surface area contributed by atoms with Crippen LogP contribution in [0.1, 0.15) is 38.6 Å². The van der Waals surface area contributed by atoms with Gasteiger partial charge >= 0.3 is 6.09 Å². The summed E-state index contributed by atoms with van der Waals surface area (Å²) in [6.07, 6.45) is 1.81. The maximum absolute atomic E-state index is 13.4. The van der Waals surface area contributed by atoms with Crippen molar-refractivity contribution in [3.8, 4) is 0 Å². The van der Waals surface area contributed by atoms with E-state index in [2.05, 4.69) is 15.6 Å². The molecule has 0 unspecified atom stereocenters. The first kappa shape index (κ1) is 17.4. The van der Waals surface area contributed by atoms with Crippen LogP contribution in [0.4, 0.5) is 9.18 Å². The number of aromatic nitrogens is 3. The Bertz CT molecular complexity index is 591. The maximum Gasteiger partial charge on any atom is 0.407 e. The predicted molar refractivity (Wildman–Crippen MR) is 83.2 cm³/mol. The standard InChI is InChI=1S/C15H24FN5O2/c1-15(2,3)23-14(22)17-8-12-13(20(4)19-18-12)10-21-7-5-6-11(16)9-21/h6H,5,7-10H2,1-4H3,(H,17,22). The molecule has 1 aromatic heterocycles. The van der Waals surface area contributed by atoms with Crippen molar-refractivity contribution >= 4 is 6.09 Å². The Labute approximate surface area is 135 Å². The number of nitrogens with one attached hydrogen (secondary N) is 1. The van der Waals surface area contributed by atoms with Crippen LogP contribution in [0.15, 0.2) is 11.9 Å². The van der Waals surface area contributed by atoms with E-state index in [1.54, 1.807) is 38.6 Å². The number of carbonyl (C=O) groups is 1. The van der Waals surface area contributed by atoms with Crippen LogP contribution in [0.2, 0.25) is 0 Å². The van der Waals surface area contributed by atoms with E-state index in [1.165, 1.54) is 0 Å². The predicted octanol–water partition coefficient (Wildman–Crippen LogP) is 1.90. The van der Waals surface area contributed by atoms with Crippen molar-refractivity contribution in [1.29, 1.82) is 0 Å². The minimum Gasteiger partial charge on any atom is -0.444 e. The van der Waals surface area contributed by atoms with Gasteiger partial charge in [0.05, 0.1) is 18.8 Å². The van der Waals surface area contributed by atoms with Crippen LogP contribution in [0.5, 0.6) is 0 Å². The number of nitrogens with zero attached hydrogens (tertiary/aromatic N) is 4. The summed E-state index contributed by atoms with van der Waals surface area (Å²) >= 11 is 0. The number of amides is 1. The normalized spacial score (nSPS) is 16.1. The lowest BCUT2D eigenvalue weighted by Crippen LogP contribution is -2.33. The molecule has 0 saturated carbocycles. The second-order valence-corrected chi connectivity index (χ2v) is 6.61. The van der Waals surface area contributed by atoms with Crippen molar-refractivity contribution < 1.29 is 13.9 Å². The van der Waals surface area contributed by atoms with E-state index in [0.717, 1.165) is 12.2 Å². The van der Waals surface area contributed by atoms with Crippen LogP contribution < -0.4 is 5.32 Å². The quantitative estimate of drug-likeness (QED) is 0.915. The number of carbonyl (C=O) groups excluding carboxylic acids is 1. The summed E-state index contributed by atoms with van der Waals surface area (Å²) in [4.78, 5) is 13.7. The Morgan fingerprint density at radius 1 is 1.48 bits per heavy atom. The third-order valence-corrected chi connectivity index (χ3v) is 3.38. The maximum atomic E-state index is 13.4. The van der Waals surface area contributed by atoms with E-state index in [-0.39, 0.29) is 12.4 Å². The molecule has 128 valence electrons. The Hall–Kier alpha value is -1.96. The van der Waals surface area contributed by atoms with Crippen LogP contribution in [0.3, 0.4) is 0 Å². The molecule has 1 amide bonds. The molecule has 0 fully saturated rings. The number of halogens is 1. The topological polar surface area (TPSA) is 72.3 Å². The molecule has 2 rings (SSSR count). The minimum atomic E-state index is -0.549. The molecule has 2 heterocycles. The zero-order valence-electron chi connectivity index (χ0n) is 14.1. The summed E-state index contributed by atoms with van der Waals surface area (Å²) < 4.78 is 20.2. The smallest absolute Gasteiger partial charge is 0.407 e. The number of aryl methyl sites for hydroxylation is 1. The first-order valence-electron chi connectivity index (χ1n) is 7.66. The first-order chi connectivity index (χ1) is 10.7. The molecule has 0 aromatic carbocycles. The number of hydrogen-bond acceptors (Lipinski definition) is 5. The fourth-order valence-electron chi connectivity index (χ4n) is 2.33. The third-order valence-electron chi connectivity index (χ3n) is 3.38. The second-order valence-electron chi connectivity index (χ2n) is 6.61. The molecule has 1 N–H and O–H groups in total. The van der Waals surface area contributed by atoms with Gasteiger partial charge in [-0.2, -0.15) is 0 Å². The van der Waals surface area contributed by atoms with Crippen molar-refractivity contribution in [2.24, 2.45) is 7.05 Å². The summed E-state index contributed by atoms with van der Waals surface area (Å²) in [7, 11) is 1.79. The number of hydrogen-bond donors (Lipinski definition) is 1. The molecule has 1 aliphatic heterocycles. The molecule has 0 saturated heterocycles. The average molecular weight is 325 g/mol. The number of rotatable bonds is 4. The summed E-state index contributed by atoms with van der Waals surface area (Å²) in [6.45, 7) is 7.26. The fraction of sp³-hybridized carbons (Fsp3) is 0.667. The van der Waals surface area contributed by atoms with Gasteiger partial charge in [0.25, 0.3) is 0 Å². The van der Waals surface area contributed by atoms with E-state index < -0.39 is 11.7 Å². The molecule has 0 atom stereocenters. The van der Waals surface area contributed by atoms with E-state index >= 15 is 0 Å². The second kappa shape index (κ2) is 7.08. The molecule has 0 spiro atoms. The molecular formula is C15H24FN5O2. The van der Waals surface area contributed by atoms with Gasteiger partial charge in [0.1, 0.15) is 17.1 Å². The third kappa shape index (κ3) is 5.31. The van der Waals surface area contributed by atoms with Gasteiger partial charge in [0.2, 0.25) is 0 Å². The van der Waals surface area contributed by atoms with Gasteiger partial charge in [-0.05, 0) is 27.2 Å². The lowest BCUT2D eigenvalue weighted by molar-refractivity contribution is 0.0522. The van der Waals surface area contributed by atoms with Crippen molar-refractivity contribution in [2.75, 3.05) is 13.1 Å². The van der Waals surface area contributed by atoms with Crippen LogP contribution in [-0.2, 0) is 24.9 Å². The molecule has 23 heavy (non-hydrogen) atoms. The summed E-state index contributed by atoms with van der Waals surface area (Å²) in [5, 5.41) is 10.7. The molecule has 0 bridgehead atoms. The van der Waals surface area contributed by atoms with Gasteiger partial charge in [0, 0.05) is 20.1 Å². The lowest BCUT2D eigenvalue weighted by atomic mass is 10.2. The first-order valence-corrected chi connectivity index (χ1v) is 7.66. The van der Waals surface area contributed by atoms with Gasteiger partial charge in [-0.25, -0.2) is 9.18 Å². The Morgan fingerprint density at radius 2 is 2.22 bits per heavy atom. The number of ether oxygens (including phenoxy) is 1. The van der Waals surface area contributed by atoms with Gasteiger partial charge in [0.15, 0.2) is 0 Å². The molecular weight excluding hydrogens is 301 g/mol. The van der Waals surface area contributed by atoms with Crippen molar-refractivity contribution in [3.05, 3.63) is 23.3 Å². The molecule has 0 aliphatic carbocycles. The van der Waals surface area contributed by atoms with Gasteiger partial charge < -0.3 is 10.1 Å². The van der Waals surface area contributed by atoms with Gasteiger partial charge in [-0.1, -0.05) is 11.3 Å². The summed E-state index contributed by atoms with van der Waals surface area (Å²) in [6, 6.07) is 0. The highest BCUT2D eigenvalue weighted by molar-refractivity contribution is 5.67. The van der Waals surface area contributed by atoms with Crippen LogP contribution in [-0.4, -0.2) is 44.7 Å². The summed E-state index contributed by atoms with van der Waals surface area (Å²) in [5.41, 5.74) is 0.969. The fourth-order valence-corrected chi connectivity index (χ4v) is 2.33. The van der Waals surface area contributed by atoms with E-state index in [9.17, 15) is 9.18 Å². The monoisotopic (exact) mass is 325 g/mol. The Morgan fingerprint density at radius 3 is 2.87 bits per heavy atom. The zero-order chi connectivity index (χ0) is 17.0. The SMILES string of the molecule is Cn1nnc(CNC(=O)OC(C)(C)C)c1CN1CCC=C(F)C1. The van der Waals surface area contributed by atoms with Crippen LogP contribution >= 0.6 is 0 Å². The van der Waals surface area contributed by atoms with Crippen molar-refractivity contribution in [1.82, 2.24) is 25.2 Å². The van der Waals surface area contributed by atoms with Crippen LogP contribution in [0, 0.1) is 0 Å². The van der Waals surface area contributed by atoms with Gasteiger partial charge in [-0.15, -0.1) is 5.10 Å². The molecule has 8 heteroatoms. The highest BCUT2D eigenvalue weighted by Crippen LogP contribution is 2.15. The largest absolute Gasteiger partial charge is 0.444 e. The van der Waals surface area contributed by atoms with E-state index in [4.69, 9.17) is 4.74 Å². The lowest BCUT2D eigenvalue weighted by Gasteiger charge is -2.24. The van der Waals surface area contributed by atoms with E-state index in [0.29, 0.717) is 25.2 Å². The molecule has 0 radical (unpaired) electrons. The van der Waals surface area contributed by atoms with Gasteiger partial charge in [-0.3, -0.25) is 9.58 Å². The molecule has 1 aliphatic rings. The highest BCUT2D eigenvalue weighted by atomic mass is 19.1. The molecule has 1 aromatic rings.